The van der Waals surface area contributed by atoms with Crippen molar-refractivity contribution in [2.24, 2.45) is 0 Å². The monoisotopic (exact) mass is 372 g/mol. The number of aromatic nitrogens is 4. The Labute approximate surface area is 157 Å². The molecule has 3 aromatic rings. The van der Waals surface area contributed by atoms with Gasteiger partial charge in [0.15, 0.2) is 0 Å². The Bertz CT molecular complexity index is 894. The molecule has 2 heterocycles. The van der Waals surface area contributed by atoms with Gasteiger partial charge in [-0.1, -0.05) is 43.8 Å². The second kappa shape index (κ2) is 8.05. The van der Waals surface area contributed by atoms with Crippen molar-refractivity contribution in [1.82, 2.24) is 19.6 Å². The van der Waals surface area contributed by atoms with E-state index in [-0.39, 0.29) is 6.61 Å². The molecule has 138 valence electrons. The molecule has 0 fully saturated rings. The largest absolute Gasteiger partial charge is 0.491 e. The van der Waals surface area contributed by atoms with Crippen LogP contribution in [0.2, 0.25) is 0 Å². The molecule has 7 heteroatoms. The first-order valence-electron chi connectivity index (χ1n) is 8.67. The van der Waals surface area contributed by atoms with E-state index >= 15 is 0 Å². The minimum atomic E-state index is -0.609. The molecule has 1 atom stereocenters. The molecule has 0 aliphatic rings. The standard InChI is InChI=1S/C19H24N4O2S/c1-12(2)16-7-5-6-8-17(16)25-10-15(24)11-26-19-21-18-20-13(3)9-14(4)23(18)22-19/h5-9,12,15,24H,10-11H2,1-4H3/t15-/m1/s1. The average Bonchev–Trinajstić information content (AvgIpc) is 3.01. The van der Waals surface area contributed by atoms with Gasteiger partial charge >= 0.3 is 0 Å². The maximum atomic E-state index is 10.3. The lowest BCUT2D eigenvalue weighted by Gasteiger charge is -2.16. The maximum Gasteiger partial charge on any atom is 0.253 e. The number of aliphatic hydroxyl groups excluding tert-OH is 1. The van der Waals surface area contributed by atoms with E-state index in [1.54, 1.807) is 4.52 Å². The minimum Gasteiger partial charge on any atom is -0.491 e. The molecule has 0 aliphatic heterocycles. The van der Waals surface area contributed by atoms with Crippen LogP contribution in [-0.4, -0.2) is 43.2 Å². The fourth-order valence-electron chi connectivity index (χ4n) is 2.70. The molecular formula is C19H24N4O2S. The van der Waals surface area contributed by atoms with E-state index in [0.717, 1.165) is 22.7 Å². The minimum absolute atomic E-state index is 0.237. The fourth-order valence-corrected chi connectivity index (χ4v) is 3.43. The van der Waals surface area contributed by atoms with Gasteiger partial charge in [0.25, 0.3) is 5.78 Å². The van der Waals surface area contributed by atoms with E-state index in [0.29, 0.717) is 22.6 Å². The number of nitrogens with zero attached hydrogens (tertiary/aromatic N) is 4. The summed E-state index contributed by atoms with van der Waals surface area (Å²) in [6, 6.07) is 9.90. The second-order valence-electron chi connectivity index (χ2n) is 6.61. The molecule has 2 aromatic heterocycles. The van der Waals surface area contributed by atoms with Gasteiger partial charge in [0, 0.05) is 17.1 Å². The highest BCUT2D eigenvalue weighted by Crippen LogP contribution is 2.26. The molecular weight excluding hydrogens is 348 g/mol. The Morgan fingerprint density at radius 2 is 1.96 bits per heavy atom. The number of rotatable bonds is 7. The summed E-state index contributed by atoms with van der Waals surface area (Å²) >= 11 is 1.40. The number of para-hydroxylation sites is 1. The molecule has 1 N–H and O–H groups in total. The van der Waals surface area contributed by atoms with Crippen molar-refractivity contribution in [2.45, 2.75) is 44.9 Å². The highest BCUT2D eigenvalue weighted by atomic mass is 32.2. The van der Waals surface area contributed by atoms with Crippen molar-refractivity contribution in [3.05, 3.63) is 47.3 Å². The van der Waals surface area contributed by atoms with Crippen LogP contribution in [0, 0.1) is 13.8 Å². The molecule has 6 nitrogen and oxygen atoms in total. The highest BCUT2D eigenvalue weighted by Gasteiger charge is 2.13. The van der Waals surface area contributed by atoms with E-state index in [1.807, 2.05) is 38.1 Å². The molecule has 0 bridgehead atoms. The number of aryl methyl sites for hydroxylation is 2. The smallest absolute Gasteiger partial charge is 0.253 e. The summed E-state index contributed by atoms with van der Waals surface area (Å²) in [5.74, 6) is 2.24. The van der Waals surface area contributed by atoms with Crippen LogP contribution in [-0.2, 0) is 0 Å². The summed E-state index contributed by atoms with van der Waals surface area (Å²) in [6.45, 7) is 8.40. The average molecular weight is 372 g/mol. The van der Waals surface area contributed by atoms with Crippen molar-refractivity contribution in [1.29, 1.82) is 0 Å². The third-order valence-electron chi connectivity index (χ3n) is 3.98. The van der Waals surface area contributed by atoms with Crippen LogP contribution in [0.25, 0.3) is 5.78 Å². The van der Waals surface area contributed by atoms with Crippen LogP contribution in [0.4, 0.5) is 0 Å². The Balaban J connectivity index is 1.58. The van der Waals surface area contributed by atoms with Gasteiger partial charge in [-0.3, -0.25) is 0 Å². The van der Waals surface area contributed by atoms with Gasteiger partial charge in [0.05, 0.1) is 6.10 Å². The van der Waals surface area contributed by atoms with Crippen molar-refractivity contribution in [2.75, 3.05) is 12.4 Å². The lowest BCUT2D eigenvalue weighted by Crippen LogP contribution is -2.20. The molecule has 0 unspecified atom stereocenters. The van der Waals surface area contributed by atoms with Crippen molar-refractivity contribution < 1.29 is 9.84 Å². The van der Waals surface area contributed by atoms with E-state index in [4.69, 9.17) is 4.74 Å². The molecule has 0 spiro atoms. The first-order valence-corrected chi connectivity index (χ1v) is 9.66. The number of ether oxygens (including phenoxy) is 1. The Morgan fingerprint density at radius 3 is 2.73 bits per heavy atom. The van der Waals surface area contributed by atoms with E-state index in [1.165, 1.54) is 11.8 Å². The van der Waals surface area contributed by atoms with Gasteiger partial charge in [-0.25, -0.2) is 9.50 Å². The first kappa shape index (κ1) is 18.7. The zero-order valence-electron chi connectivity index (χ0n) is 15.5. The molecule has 26 heavy (non-hydrogen) atoms. The number of hydrogen-bond acceptors (Lipinski definition) is 6. The van der Waals surface area contributed by atoms with Gasteiger partial charge in [-0.15, -0.1) is 5.10 Å². The lowest BCUT2D eigenvalue weighted by atomic mass is 10.0. The third kappa shape index (κ3) is 4.34. The van der Waals surface area contributed by atoms with Crippen LogP contribution in [0.3, 0.4) is 0 Å². The van der Waals surface area contributed by atoms with Crippen LogP contribution < -0.4 is 4.74 Å². The van der Waals surface area contributed by atoms with Crippen molar-refractivity contribution >= 4 is 17.5 Å². The zero-order valence-corrected chi connectivity index (χ0v) is 16.3. The lowest BCUT2D eigenvalue weighted by molar-refractivity contribution is 0.125. The molecule has 1 aromatic carbocycles. The topological polar surface area (TPSA) is 72.5 Å². The Morgan fingerprint density at radius 1 is 1.19 bits per heavy atom. The fraction of sp³-hybridized carbons (Fsp3) is 0.421. The van der Waals surface area contributed by atoms with E-state index < -0.39 is 6.10 Å². The summed E-state index contributed by atoms with van der Waals surface area (Å²) in [5, 5.41) is 15.3. The second-order valence-corrected chi connectivity index (χ2v) is 7.60. The van der Waals surface area contributed by atoms with Crippen LogP contribution in [0.1, 0.15) is 36.7 Å². The van der Waals surface area contributed by atoms with Gasteiger partial charge < -0.3 is 9.84 Å². The van der Waals surface area contributed by atoms with E-state index in [9.17, 15) is 5.11 Å². The number of aliphatic hydroxyl groups is 1. The maximum absolute atomic E-state index is 10.3. The summed E-state index contributed by atoms with van der Waals surface area (Å²) in [5.41, 5.74) is 3.04. The summed E-state index contributed by atoms with van der Waals surface area (Å²) in [7, 11) is 0. The van der Waals surface area contributed by atoms with Crippen molar-refractivity contribution in [3.63, 3.8) is 0 Å². The number of thioether (sulfide) groups is 1. The molecule has 0 aliphatic carbocycles. The molecule has 0 saturated heterocycles. The van der Waals surface area contributed by atoms with Gasteiger partial charge in [0.1, 0.15) is 12.4 Å². The number of hydrogen-bond donors (Lipinski definition) is 1. The predicted molar refractivity (Wildman–Crippen MR) is 103 cm³/mol. The molecule has 0 radical (unpaired) electrons. The summed E-state index contributed by atoms with van der Waals surface area (Å²) in [6.07, 6.45) is -0.609. The van der Waals surface area contributed by atoms with Gasteiger partial charge in [-0.2, -0.15) is 4.98 Å². The predicted octanol–water partition coefficient (Wildman–Crippen LogP) is 3.40. The van der Waals surface area contributed by atoms with Gasteiger partial charge in [-0.05, 0) is 37.5 Å². The highest BCUT2D eigenvalue weighted by molar-refractivity contribution is 7.99. The van der Waals surface area contributed by atoms with Crippen LogP contribution in [0.15, 0.2) is 35.5 Å². The molecule has 0 amide bonds. The Kier molecular flexibility index (Phi) is 5.78. The normalized spacial score (nSPS) is 12.7. The SMILES string of the molecule is Cc1cc(C)n2nc(SC[C@H](O)COc3ccccc3C(C)C)nc2n1. The number of benzene rings is 1. The zero-order chi connectivity index (χ0) is 18.7. The van der Waals surface area contributed by atoms with E-state index in [2.05, 4.69) is 35.0 Å². The van der Waals surface area contributed by atoms with Crippen molar-refractivity contribution in [3.8, 4) is 5.75 Å². The number of fused-ring (bicyclic) bond motifs is 1. The van der Waals surface area contributed by atoms with Gasteiger partial charge in [0.2, 0.25) is 5.16 Å². The summed E-state index contributed by atoms with van der Waals surface area (Å²) in [4.78, 5) is 8.79. The first-order chi connectivity index (χ1) is 12.4. The summed E-state index contributed by atoms with van der Waals surface area (Å²) < 4.78 is 7.54. The van der Waals surface area contributed by atoms with Crippen LogP contribution >= 0.6 is 11.8 Å². The molecule has 3 rings (SSSR count). The molecule has 0 saturated carbocycles. The third-order valence-corrected chi connectivity index (χ3v) is 4.96. The van der Waals surface area contributed by atoms with Crippen LogP contribution in [0.5, 0.6) is 5.75 Å². The Hall–Kier alpha value is -2.12. The quantitative estimate of drug-likeness (QED) is 0.641.